The van der Waals surface area contributed by atoms with E-state index in [0.29, 0.717) is 43.5 Å². The first-order chi connectivity index (χ1) is 14.4. The predicted octanol–water partition coefficient (Wildman–Crippen LogP) is 3.47. The lowest BCUT2D eigenvalue weighted by molar-refractivity contribution is -0.143. The summed E-state index contributed by atoms with van der Waals surface area (Å²) in [4.78, 5) is 27.2. The molecule has 3 fully saturated rings. The van der Waals surface area contributed by atoms with Crippen molar-refractivity contribution < 1.29 is 18.0 Å². The van der Waals surface area contributed by atoms with Crippen LogP contribution in [0.25, 0.3) is 0 Å². The van der Waals surface area contributed by atoms with Crippen LogP contribution in [0.15, 0.2) is 29.2 Å². The van der Waals surface area contributed by atoms with Gasteiger partial charge in [-0.2, -0.15) is 4.31 Å². The summed E-state index contributed by atoms with van der Waals surface area (Å²) in [6.07, 6.45) is 8.32. The van der Waals surface area contributed by atoms with Crippen LogP contribution in [-0.4, -0.2) is 55.0 Å². The molecule has 0 spiro atoms. The van der Waals surface area contributed by atoms with Gasteiger partial charge in [0.2, 0.25) is 15.9 Å². The van der Waals surface area contributed by atoms with Gasteiger partial charge in [0.15, 0.2) is 5.78 Å². The molecule has 3 aliphatic rings. The van der Waals surface area contributed by atoms with Gasteiger partial charge in [-0.3, -0.25) is 9.59 Å². The number of benzene rings is 1. The summed E-state index contributed by atoms with van der Waals surface area (Å²) < 4.78 is 27.6. The van der Waals surface area contributed by atoms with Crippen molar-refractivity contribution in [2.24, 2.45) is 11.8 Å². The van der Waals surface area contributed by atoms with Crippen molar-refractivity contribution in [1.82, 2.24) is 9.21 Å². The summed E-state index contributed by atoms with van der Waals surface area (Å²) in [6, 6.07) is 6.62. The van der Waals surface area contributed by atoms with Crippen LogP contribution in [0.1, 0.15) is 68.6 Å². The van der Waals surface area contributed by atoms with E-state index in [1.165, 1.54) is 49.0 Å². The Hall–Kier alpha value is -1.73. The zero-order chi connectivity index (χ0) is 21.3. The minimum absolute atomic E-state index is 0.0827. The van der Waals surface area contributed by atoms with Crippen molar-refractivity contribution in [3.05, 3.63) is 29.8 Å². The van der Waals surface area contributed by atoms with Gasteiger partial charge in [-0.1, -0.05) is 25.0 Å². The van der Waals surface area contributed by atoms with Crippen molar-refractivity contribution in [1.29, 1.82) is 0 Å². The standard InChI is InChI=1S/C23H32N2O4S/c1-17(26)20-7-4-9-21(16-20)30(28,29)24-14-11-19(12-15-24)23(27)25-13-5-8-18-6-2-3-10-22(18)25/h4,7,9,16,18-19,22H,2-3,5-6,8,10-15H2,1H3/t18-,22-/m1/s1. The van der Waals surface area contributed by atoms with Crippen LogP contribution in [0.4, 0.5) is 0 Å². The van der Waals surface area contributed by atoms with Crippen molar-refractivity contribution in [2.75, 3.05) is 19.6 Å². The molecule has 1 aromatic carbocycles. The van der Waals surface area contributed by atoms with Crippen LogP contribution < -0.4 is 0 Å². The zero-order valence-electron chi connectivity index (χ0n) is 17.8. The molecule has 1 aliphatic carbocycles. The first kappa shape index (κ1) is 21.5. The molecule has 0 radical (unpaired) electrons. The highest BCUT2D eigenvalue weighted by Crippen LogP contribution is 2.37. The van der Waals surface area contributed by atoms with E-state index in [1.54, 1.807) is 12.1 Å². The third-order valence-electron chi connectivity index (χ3n) is 7.21. The molecule has 6 nitrogen and oxygen atoms in total. The molecule has 0 bridgehead atoms. The second-order valence-corrected chi connectivity index (χ2v) is 11.0. The fourth-order valence-corrected chi connectivity index (χ4v) is 7.02. The topological polar surface area (TPSA) is 74.8 Å². The fourth-order valence-electron chi connectivity index (χ4n) is 5.50. The maximum absolute atomic E-state index is 13.3. The lowest BCUT2D eigenvalue weighted by atomic mass is 9.77. The molecular formula is C23H32N2O4S. The summed E-state index contributed by atoms with van der Waals surface area (Å²) in [6.45, 7) is 2.99. The molecule has 2 aliphatic heterocycles. The van der Waals surface area contributed by atoms with Gasteiger partial charge in [-0.05, 0) is 63.5 Å². The van der Waals surface area contributed by atoms with Gasteiger partial charge in [0.05, 0.1) is 4.90 Å². The number of hydrogen-bond donors (Lipinski definition) is 0. The highest BCUT2D eigenvalue weighted by atomic mass is 32.2. The van der Waals surface area contributed by atoms with E-state index < -0.39 is 10.0 Å². The van der Waals surface area contributed by atoms with Crippen LogP contribution in [0.3, 0.4) is 0 Å². The minimum atomic E-state index is -3.65. The van der Waals surface area contributed by atoms with Crippen LogP contribution in [0.2, 0.25) is 0 Å². The number of ketones is 1. The first-order valence-electron chi connectivity index (χ1n) is 11.3. The number of sulfonamides is 1. The van der Waals surface area contributed by atoms with Crippen LogP contribution in [0, 0.1) is 11.8 Å². The Kier molecular flexibility index (Phi) is 6.30. The smallest absolute Gasteiger partial charge is 0.243 e. The number of rotatable bonds is 4. The molecular weight excluding hydrogens is 400 g/mol. The number of hydrogen-bond acceptors (Lipinski definition) is 4. The molecule has 0 aromatic heterocycles. The number of nitrogens with zero attached hydrogens (tertiary/aromatic N) is 2. The molecule has 1 amide bonds. The van der Waals surface area contributed by atoms with Crippen LogP contribution in [-0.2, 0) is 14.8 Å². The van der Waals surface area contributed by atoms with Gasteiger partial charge in [0.1, 0.15) is 0 Å². The molecule has 164 valence electrons. The van der Waals surface area contributed by atoms with Crippen molar-refractivity contribution in [2.45, 2.75) is 69.2 Å². The number of carbonyl (C=O) groups excluding carboxylic acids is 2. The monoisotopic (exact) mass is 432 g/mol. The quantitative estimate of drug-likeness (QED) is 0.683. The molecule has 4 rings (SSSR count). The minimum Gasteiger partial charge on any atom is -0.339 e. The molecule has 1 aromatic rings. The number of likely N-dealkylation sites (tertiary alicyclic amines) is 1. The van der Waals surface area contributed by atoms with Crippen molar-refractivity contribution >= 4 is 21.7 Å². The van der Waals surface area contributed by atoms with Crippen LogP contribution in [0.5, 0.6) is 0 Å². The largest absolute Gasteiger partial charge is 0.339 e. The van der Waals surface area contributed by atoms with E-state index in [2.05, 4.69) is 4.90 Å². The lowest BCUT2D eigenvalue weighted by Gasteiger charge is -2.46. The molecule has 2 saturated heterocycles. The maximum atomic E-state index is 13.3. The lowest BCUT2D eigenvalue weighted by Crippen LogP contribution is -2.53. The maximum Gasteiger partial charge on any atom is 0.243 e. The van der Waals surface area contributed by atoms with E-state index in [0.717, 1.165) is 19.4 Å². The van der Waals surface area contributed by atoms with Gasteiger partial charge < -0.3 is 4.90 Å². The Bertz CT molecular complexity index is 904. The number of fused-ring (bicyclic) bond motifs is 1. The molecule has 7 heteroatoms. The average Bonchev–Trinajstić information content (AvgIpc) is 2.78. The van der Waals surface area contributed by atoms with Gasteiger partial charge >= 0.3 is 0 Å². The van der Waals surface area contributed by atoms with E-state index in [4.69, 9.17) is 0 Å². The number of carbonyl (C=O) groups is 2. The molecule has 0 N–H and O–H groups in total. The second-order valence-electron chi connectivity index (χ2n) is 9.05. The Morgan fingerprint density at radius 2 is 1.63 bits per heavy atom. The summed E-state index contributed by atoms with van der Waals surface area (Å²) in [5.41, 5.74) is 0.397. The highest BCUT2D eigenvalue weighted by molar-refractivity contribution is 7.89. The molecule has 2 heterocycles. The summed E-state index contributed by atoms with van der Waals surface area (Å²) in [7, 11) is -3.65. The Morgan fingerprint density at radius 3 is 2.37 bits per heavy atom. The predicted molar refractivity (Wildman–Crippen MR) is 115 cm³/mol. The second kappa shape index (κ2) is 8.79. The zero-order valence-corrected chi connectivity index (χ0v) is 18.6. The van der Waals surface area contributed by atoms with E-state index >= 15 is 0 Å². The Balaban J connectivity index is 1.41. The number of amides is 1. The first-order valence-corrected chi connectivity index (χ1v) is 12.7. The molecule has 2 atom stereocenters. The molecule has 1 saturated carbocycles. The Morgan fingerprint density at radius 1 is 0.933 bits per heavy atom. The normalized spacial score (nSPS) is 26.2. The number of Topliss-reactive ketones (excluding diaryl/α,β-unsaturated/α-hetero) is 1. The highest BCUT2D eigenvalue weighted by Gasteiger charge is 2.40. The average molecular weight is 433 g/mol. The molecule has 0 unspecified atom stereocenters. The summed E-state index contributed by atoms with van der Waals surface area (Å²) in [5, 5.41) is 0. The third kappa shape index (κ3) is 4.19. The Labute approximate surface area is 179 Å². The van der Waals surface area contributed by atoms with Gasteiger partial charge in [0, 0.05) is 37.2 Å². The number of piperidine rings is 2. The van der Waals surface area contributed by atoms with Crippen molar-refractivity contribution in [3.63, 3.8) is 0 Å². The fraction of sp³-hybridized carbons (Fsp3) is 0.652. The SMILES string of the molecule is CC(=O)c1cccc(S(=O)(=O)N2CCC(C(=O)N3CCC[C@H]4CCCC[C@H]43)CC2)c1. The van der Waals surface area contributed by atoms with Crippen LogP contribution >= 0.6 is 0 Å². The van der Waals surface area contributed by atoms with E-state index in [1.807, 2.05) is 0 Å². The van der Waals surface area contributed by atoms with Crippen molar-refractivity contribution in [3.8, 4) is 0 Å². The molecule has 30 heavy (non-hydrogen) atoms. The van der Waals surface area contributed by atoms with E-state index in [9.17, 15) is 18.0 Å². The van der Waals surface area contributed by atoms with E-state index in [-0.39, 0.29) is 22.5 Å². The van der Waals surface area contributed by atoms with Gasteiger partial charge in [-0.25, -0.2) is 8.42 Å². The third-order valence-corrected chi connectivity index (χ3v) is 9.10. The summed E-state index contributed by atoms with van der Waals surface area (Å²) in [5.74, 6) is 0.660. The van der Waals surface area contributed by atoms with Gasteiger partial charge in [-0.15, -0.1) is 0 Å². The van der Waals surface area contributed by atoms with Gasteiger partial charge in [0.25, 0.3) is 0 Å². The summed E-state index contributed by atoms with van der Waals surface area (Å²) >= 11 is 0.